The predicted octanol–water partition coefficient (Wildman–Crippen LogP) is 3.49. The van der Waals surface area contributed by atoms with Crippen molar-refractivity contribution >= 4 is 11.9 Å². The molecule has 0 fully saturated rings. The van der Waals surface area contributed by atoms with E-state index in [2.05, 4.69) is 74.1 Å². The van der Waals surface area contributed by atoms with Crippen LogP contribution in [0.4, 0.5) is 11.9 Å². The lowest BCUT2D eigenvalue weighted by atomic mass is 10.1. The molecule has 0 aliphatic rings. The second-order valence-electron chi connectivity index (χ2n) is 5.85. The minimum absolute atomic E-state index is 0.616. The van der Waals surface area contributed by atoms with Gasteiger partial charge in [0.15, 0.2) is 0 Å². The second kappa shape index (κ2) is 8.78. The van der Waals surface area contributed by atoms with Crippen molar-refractivity contribution in [3.8, 4) is 0 Å². The Labute approximate surface area is 148 Å². The molecular weight excluding hydrogens is 310 g/mol. The van der Waals surface area contributed by atoms with Crippen molar-refractivity contribution in [3.05, 3.63) is 77.6 Å². The normalized spacial score (nSPS) is 10.4. The van der Waals surface area contributed by atoms with Crippen LogP contribution in [0, 0.1) is 6.92 Å². The lowest BCUT2D eigenvalue weighted by Crippen LogP contribution is -2.13. The Morgan fingerprint density at radius 1 is 0.640 bits per heavy atom. The highest BCUT2D eigenvalue weighted by Gasteiger charge is 2.03. The molecule has 0 radical (unpaired) electrons. The summed E-state index contributed by atoms with van der Waals surface area (Å²) < 4.78 is 0. The third kappa shape index (κ3) is 5.57. The Morgan fingerprint density at radius 3 is 1.52 bits per heavy atom. The zero-order chi connectivity index (χ0) is 17.3. The van der Waals surface area contributed by atoms with Gasteiger partial charge in [-0.15, -0.1) is 0 Å². The summed E-state index contributed by atoms with van der Waals surface area (Å²) in [6, 6.07) is 20.8. The molecule has 0 bridgehead atoms. The van der Waals surface area contributed by atoms with Crippen molar-refractivity contribution in [2.75, 3.05) is 23.7 Å². The Balaban J connectivity index is 1.51. The zero-order valence-electron chi connectivity index (χ0n) is 14.4. The number of hydrogen-bond acceptors (Lipinski definition) is 5. The Hall–Kier alpha value is -2.95. The van der Waals surface area contributed by atoms with Crippen molar-refractivity contribution in [2.24, 2.45) is 0 Å². The van der Waals surface area contributed by atoms with E-state index >= 15 is 0 Å². The standard InChI is InChI=1S/C20H23N5/c1-16-23-19(21-14-12-17-8-4-2-5-9-17)25-20(24-16)22-15-13-18-10-6-3-7-11-18/h2-11H,12-15H2,1H3,(H2,21,22,23,24,25). The van der Waals surface area contributed by atoms with Gasteiger partial charge in [0, 0.05) is 13.1 Å². The van der Waals surface area contributed by atoms with Crippen LogP contribution in [0.3, 0.4) is 0 Å². The molecule has 0 aliphatic carbocycles. The summed E-state index contributed by atoms with van der Waals surface area (Å²) in [6.45, 7) is 3.46. The van der Waals surface area contributed by atoms with Gasteiger partial charge < -0.3 is 10.6 Å². The van der Waals surface area contributed by atoms with Crippen LogP contribution in [0.2, 0.25) is 0 Å². The van der Waals surface area contributed by atoms with Gasteiger partial charge in [-0.05, 0) is 30.9 Å². The average molecular weight is 333 g/mol. The van der Waals surface area contributed by atoms with Crippen LogP contribution in [0.1, 0.15) is 17.0 Å². The highest BCUT2D eigenvalue weighted by atomic mass is 15.2. The summed E-state index contributed by atoms with van der Waals surface area (Å²) in [6.07, 6.45) is 1.87. The van der Waals surface area contributed by atoms with Crippen LogP contribution in [-0.2, 0) is 12.8 Å². The fourth-order valence-corrected chi connectivity index (χ4v) is 2.57. The SMILES string of the molecule is Cc1nc(NCCc2ccccc2)nc(NCCc2ccccc2)n1. The van der Waals surface area contributed by atoms with Crippen LogP contribution < -0.4 is 10.6 Å². The summed E-state index contributed by atoms with van der Waals surface area (Å²) >= 11 is 0. The first-order valence-electron chi connectivity index (χ1n) is 8.58. The highest BCUT2D eigenvalue weighted by molar-refractivity contribution is 5.35. The molecule has 2 aromatic carbocycles. The van der Waals surface area contributed by atoms with Gasteiger partial charge in [-0.2, -0.15) is 15.0 Å². The first-order chi connectivity index (χ1) is 12.3. The quantitative estimate of drug-likeness (QED) is 0.661. The molecule has 1 heterocycles. The van der Waals surface area contributed by atoms with Crippen molar-refractivity contribution in [1.82, 2.24) is 15.0 Å². The van der Waals surface area contributed by atoms with Gasteiger partial charge in [0.2, 0.25) is 11.9 Å². The number of benzene rings is 2. The molecule has 0 spiro atoms. The molecule has 0 atom stereocenters. The first kappa shape index (κ1) is 16.9. The molecule has 2 N–H and O–H groups in total. The number of anilines is 2. The number of aromatic nitrogens is 3. The average Bonchev–Trinajstić information content (AvgIpc) is 2.63. The van der Waals surface area contributed by atoms with Gasteiger partial charge >= 0.3 is 0 Å². The molecule has 0 aliphatic heterocycles. The Bertz CT molecular complexity index is 711. The molecule has 128 valence electrons. The van der Waals surface area contributed by atoms with Crippen molar-refractivity contribution in [3.63, 3.8) is 0 Å². The molecule has 3 rings (SSSR count). The van der Waals surface area contributed by atoms with Crippen molar-refractivity contribution in [2.45, 2.75) is 19.8 Å². The maximum atomic E-state index is 4.45. The number of nitrogens with one attached hydrogen (secondary N) is 2. The maximum Gasteiger partial charge on any atom is 0.227 e. The predicted molar refractivity (Wildman–Crippen MR) is 102 cm³/mol. The number of hydrogen-bond donors (Lipinski definition) is 2. The van der Waals surface area contributed by atoms with Crippen LogP contribution in [0.15, 0.2) is 60.7 Å². The van der Waals surface area contributed by atoms with E-state index in [1.807, 2.05) is 19.1 Å². The van der Waals surface area contributed by atoms with E-state index in [1.54, 1.807) is 0 Å². The molecule has 1 aromatic heterocycles. The van der Waals surface area contributed by atoms with Gasteiger partial charge in [0.1, 0.15) is 5.82 Å². The van der Waals surface area contributed by atoms with Crippen LogP contribution >= 0.6 is 0 Å². The molecule has 5 nitrogen and oxygen atoms in total. The Kier molecular flexibility index (Phi) is 5.93. The Morgan fingerprint density at radius 2 is 1.08 bits per heavy atom. The molecule has 0 unspecified atom stereocenters. The largest absolute Gasteiger partial charge is 0.354 e. The summed E-state index contributed by atoms with van der Waals surface area (Å²) in [5.74, 6) is 1.94. The monoisotopic (exact) mass is 333 g/mol. The third-order valence-electron chi connectivity index (χ3n) is 3.83. The van der Waals surface area contributed by atoms with E-state index in [4.69, 9.17) is 0 Å². The van der Waals surface area contributed by atoms with E-state index in [1.165, 1.54) is 11.1 Å². The molecule has 25 heavy (non-hydrogen) atoms. The van der Waals surface area contributed by atoms with Gasteiger partial charge in [-0.1, -0.05) is 60.7 Å². The highest BCUT2D eigenvalue weighted by Crippen LogP contribution is 2.07. The molecular formula is C20H23N5. The fourth-order valence-electron chi connectivity index (χ4n) is 2.57. The minimum atomic E-state index is 0.616. The van der Waals surface area contributed by atoms with E-state index in [-0.39, 0.29) is 0 Å². The summed E-state index contributed by atoms with van der Waals surface area (Å²) in [5.41, 5.74) is 2.59. The lowest BCUT2D eigenvalue weighted by molar-refractivity contribution is 0.914. The molecule has 0 saturated carbocycles. The maximum absolute atomic E-state index is 4.45. The van der Waals surface area contributed by atoms with Gasteiger partial charge in [0.05, 0.1) is 0 Å². The molecule has 0 amide bonds. The third-order valence-corrected chi connectivity index (χ3v) is 3.83. The van der Waals surface area contributed by atoms with E-state index in [0.29, 0.717) is 17.7 Å². The van der Waals surface area contributed by atoms with Crippen molar-refractivity contribution < 1.29 is 0 Å². The number of nitrogens with zero attached hydrogens (tertiary/aromatic N) is 3. The van der Waals surface area contributed by atoms with Gasteiger partial charge in [-0.25, -0.2) is 0 Å². The van der Waals surface area contributed by atoms with Crippen LogP contribution in [-0.4, -0.2) is 28.0 Å². The van der Waals surface area contributed by atoms with Crippen LogP contribution in [0.25, 0.3) is 0 Å². The summed E-state index contributed by atoms with van der Waals surface area (Å²) in [5, 5.41) is 6.56. The topological polar surface area (TPSA) is 62.7 Å². The lowest BCUT2D eigenvalue weighted by Gasteiger charge is -2.09. The number of aryl methyl sites for hydroxylation is 1. The second-order valence-corrected chi connectivity index (χ2v) is 5.85. The zero-order valence-corrected chi connectivity index (χ0v) is 14.4. The van der Waals surface area contributed by atoms with Crippen molar-refractivity contribution in [1.29, 1.82) is 0 Å². The van der Waals surface area contributed by atoms with E-state index in [0.717, 1.165) is 25.9 Å². The first-order valence-corrected chi connectivity index (χ1v) is 8.58. The fraction of sp³-hybridized carbons (Fsp3) is 0.250. The molecule has 0 saturated heterocycles. The number of rotatable bonds is 8. The van der Waals surface area contributed by atoms with E-state index < -0.39 is 0 Å². The molecule has 3 aromatic rings. The van der Waals surface area contributed by atoms with Gasteiger partial charge in [0.25, 0.3) is 0 Å². The van der Waals surface area contributed by atoms with Crippen LogP contribution in [0.5, 0.6) is 0 Å². The minimum Gasteiger partial charge on any atom is -0.354 e. The van der Waals surface area contributed by atoms with Gasteiger partial charge in [-0.3, -0.25) is 0 Å². The van der Waals surface area contributed by atoms with E-state index in [9.17, 15) is 0 Å². The summed E-state index contributed by atoms with van der Waals surface area (Å²) in [7, 11) is 0. The summed E-state index contributed by atoms with van der Waals surface area (Å²) in [4.78, 5) is 13.2. The smallest absolute Gasteiger partial charge is 0.227 e. The molecule has 5 heteroatoms.